The Morgan fingerprint density at radius 2 is 1.75 bits per heavy atom. The van der Waals surface area contributed by atoms with Gasteiger partial charge in [-0.05, 0) is 36.2 Å². The minimum absolute atomic E-state index is 0.0710. The Labute approximate surface area is 184 Å². The molecule has 7 heteroatoms. The maximum Gasteiger partial charge on any atom is 0.331 e. The highest BCUT2D eigenvalue weighted by Gasteiger charge is 2.19. The number of aromatic nitrogens is 2. The molecule has 0 saturated heterocycles. The summed E-state index contributed by atoms with van der Waals surface area (Å²) in [6.45, 7) is 0.00548. The van der Waals surface area contributed by atoms with E-state index in [1.807, 2.05) is 30.3 Å². The molecular formula is C25H24N2O5. The molecule has 7 nitrogen and oxygen atoms in total. The molecule has 32 heavy (non-hydrogen) atoms. The average Bonchev–Trinajstić information content (AvgIpc) is 2.79. The highest BCUT2D eigenvalue weighted by Crippen LogP contribution is 2.32. The Kier molecular flexibility index (Phi) is 6.09. The summed E-state index contributed by atoms with van der Waals surface area (Å²) in [5.74, 6) is 0.974. The summed E-state index contributed by atoms with van der Waals surface area (Å²) in [7, 11) is 1.63. The van der Waals surface area contributed by atoms with Crippen molar-refractivity contribution >= 4 is 10.9 Å². The number of aryl methyl sites for hydroxylation is 1. The summed E-state index contributed by atoms with van der Waals surface area (Å²) in [6.07, 6.45) is 0.716. The van der Waals surface area contributed by atoms with Crippen LogP contribution in [-0.2, 0) is 20.0 Å². The zero-order valence-electron chi connectivity index (χ0n) is 17.7. The smallest absolute Gasteiger partial charge is 0.331 e. The number of hydrogen-bond donors (Lipinski definition) is 2. The molecule has 0 atom stereocenters. The van der Waals surface area contributed by atoms with Gasteiger partial charge >= 0.3 is 5.69 Å². The fraction of sp³-hybridized carbons (Fsp3) is 0.200. The van der Waals surface area contributed by atoms with Gasteiger partial charge in [-0.1, -0.05) is 36.4 Å². The van der Waals surface area contributed by atoms with Gasteiger partial charge in [-0.25, -0.2) is 4.79 Å². The van der Waals surface area contributed by atoms with E-state index in [1.165, 1.54) is 10.6 Å². The molecule has 0 spiro atoms. The van der Waals surface area contributed by atoms with Crippen molar-refractivity contribution in [3.8, 4) is 17.2 Å². The first-order valence-electron chi connectivity index (χ1n) is 10.4. The summed E-state index contributed by atoms with van der Waals surface area (Å²) in [5.41, 5.74) is 1.30. The van der Waals surface area contributed by atoms with Crippen molar-refractivity contribution < 1.29 is 14.9 Å². The van der Waals surface area contributed by atoms with Crippen molar-refractivity contribution in [1.29, 1.82) is 0 Å². The summed E-state index contributed by atoms with van der Waals surface area (Å²) < 4.78 is 8.68. The van der Waals surface area contributed by atoms with Crippen molar-refractivity contribution in [2.75, 3.05) is 6.61 Å². The molecule has 3 aromatic carbocycles. The largest absolute Gasteiger partial charge is 0.508 e. The first kappa shape index (κ1) is 21.4. The summed E-state index contributed by atoms with van der Waals surface area (Å²) in [4.78, 5) is 26.2. The van der Waals surface area contributed by atoms with Crippen LogP contribution in [0.15, 0.2) is 76.3 Å². The number of nitrogens with zero attached hydrogens (tertiary/aromatic N) is 2. The number of phenolic OH excluding ortho intramolecular Hbond substituents is 1. The number of hydrogen-bond acceptors (Lipinski definition) is 5. The summed E-state index contributed by atoms with van der Waals surface area (Å²) >= 11 is 0. The number of fused-ring (bicyclic) bond motifs is 1. The molecule has 164 valence electrons. The molecule has 4 aromatic rings. The fourth-order valence-electron chi connectivity index (χ4n) is 3.81. The topological polar surface area (TPSA) is 93.7 Å². The second kappa shape index (κ2) is 9.11. The molecule has 0 aliphatic heterocycles. The molecule has 0 radical (unpaired) electrons. The number of benzene rings is 3. The summed E-state index contributed by atoms with van der Waals surface area (Å²) in [5, 5.41) is 19.4. The van der Waals surface area contributed by atoms with Gasteiger partial charge in [-0.2, -0.15) is 0 Å². The average molecular weight is 432 g/mol. The lowest BCUT2D eigenvalue weighted by Gasteiger charge is -2.17. The van der Waals surface area contributed by atoms with Gasteiger partial charge in [0.25, 0.3) is 5.56 Å². The third-order valence-electron chi connectivity index (χ3n) is 5.40. The lowest BCUT2D eigenvalue weighted by molar-refractivity contribution is 0.277. The molecule has 0 aliphatic rings. The number of phenols is 1. The van der Waals surface area contributed by atoms with Crippen molar-refractivity contribution in [3.05, 3.63) is 98.7 Å². The van der Waals surface area contributed by atoms with E-state index in [-0.39, 0.29) is 18.9 Å². The zero-order chi connectivity index (χ0) is 22.7. The molecule has 0 fully saturated rings. The fourth-order valence-corrected chi connectivity index (χ4v) is 3.81. The molecule has 0 aliphatic carbocycles. The van der Waals surface area contributed by atoms with E-state index in [0.717, 1.165) is 10.1 Å². The van der Waals surface area contributed by atoms with Crippen molar-refractivity contribution in [2.24, 2.45) is 7.05 Å². The third kappa shape index (κ3) is 4.15. The van der Waals surface area contributed by atoms with Gasteiger partial charge in [-0.15, -0.1) is 0 Å². The van der Waals surface area contributed by atoms with E-state index in [4.69, 9.17) is 4.74 Å². The second-order valence-corrected chi connectivity index (χ2v) is 7.57. The van der Waals surface area contributed by atoms with Crippen LogP contribution in [0.2, 0.25) is 0 Å². The van der Waals surface area contributed by atoms with Crippen LogP contribution in [0.5, 0.6) is 17.2 Å². The van der Waals surface area contributed by atoms with Gasteiger partial charge in [0.1, 0.15) is 17.2 Å². The number of aliphatic hydroxyl groups excluding tert-OH is 1. The van der Waals surface area contributed by atoms with E-state index in [9.17, 15) is 19.8 Å². The van der Waals surface area contributed by atoms with Gasteiger partial charge in [0.15, 0.2) is 0 Å². The molecule has 1 heterocycles. The van der Waals surface area contributed by atoms with Gasteiger partial charge < -0.3 is 14.9 Å². The number of aliphatic hydroxyl groups is 1. The van der Waals surface area contributed by atoms with Crippen molar-refractivity contribution in [3.63, 3.8) is 0 Å². The third-order valence-corrected chi connectivity index (χ3v) is 5.40. The normalized spacial score (nSPS) is 11.1. The van der Waals surface area contributed by atoms with Gasteiger partial charge in [0, 0.05) is 38.2 Å². The number of rotatable bonds is 7. The Morgan fingerprint density at radius 3 is 2.47 bits per heavy atom. The van der Waals surface area contributed by atoms with Crippen LogP contribution in [0.25, 0.3) is 10.9 Å². The quantitative estimate of drug-likeness (QED) is 0.468. The maximum absolute atomic E-state index is 13.4. The monoisotopic (exact) mass is 432 g/mol. The Balaban J connectivity index is 1.97. The Hall–Kier alpha value is -3.84. The predicted octanol–water partition coefficient (Wildman–Crippen LogP) is 3.17. The number of ether oxygens (including phenoxy) is 1. The summed E-state index contributed by atoms with van der Waals surface area (Å²) in [6, 6.07) is 19.6. The van der Waals surface area contributed by atoms with Gasteiger partial charge in [-0.3, -0.25) is 13.9 Å². The van der Waals surface area contributed by atoms with E-state index < -0.39 is 11.2 Å². The van der Waals surface area contributed by atoms with Crippen LogP contribution in [0.4, 0.5) is 0 Å². The van der Waals surface area contributed by atoms with Crippen molar-refractivity contribution in [2.45, 2.75) is 19.4 Å². The molecule has 4 rings (SSSR count). The van der Waals surface area contributed by atoms with Crippen LogP contribution in [0.3, 0.4) is 0 Å². The molecule has 0 amide bonds. The zero-order valence-corrected chi connectivity index (χ0v) is 17.7. The standard InChI is InChI=1S/C25H24N2O5/c1-26-21-11-12-22(32-19-10-5-9-18(29)16-19)20(15-17-7-3-2-4-8-17)23(21)24(30)27(25(26)31)13-6-14-28/h2-5,7-12,16,28-29H,6,13-15H2,1H3. The van der Waals surface area contributed by atoms with Crippen LogP contribution in [0, 0.1) is 0 Å². The van der Waals surface area contributed by atoms with E-state index in [0.29, 0.717) is 40.8 Å². The second-order valence-electron chi connectivity index (χ2n) is 7.57. The predicted molar refractivity (Wildman–Crippen MR) is 123 cm³/mol. The molecule has 1 aromatic heterocycles. The first-order chi connectivity index (χ1) is 15.5. The SMILES string of the molecule is Cn1c(=O)n(CCCO)c(=O)c2c(Cc3ccccc3)c(Oc3cccc(O)c3)ccc21. The first-order valence-corrected chi connectivity index (χ1v) is 10.4. The van der Waals surface area contributed by atoms with E-state index in [1.54, 1.807) is 37.4 Å². The highest BCUT2D eigenvalue weighted by atomic mass is 16.5. The van der Waals surface area contributed by atoms with Gasteiger partial charge in [0.2, 0.25) is 0 Å². The molecule has 0 bridgehead atoms. The minimum atomic E-state index is -0.428. The molecule has 0 saturated carbocycles. The lowest BCUT2D eigenvalue weighted by Crippen LogP contribution is -2.39. The Morgan fingerprint density at radius 1 is 0.969 bits per heavy atom. The highest BCUT2D eigenvalue weighted by molar-refractivity contribution is 5.84. The maximum atomic E-state index is 13.4. The molecule has 2 N–H and O–H groups in total. The minimum Gasteiger partial charge on any atom is -0.508 e. The van der Waals surface area contributed by atoms with Crippen LogP contribution < -0.4 is 16.0 Å². The van der Waals surface area contributed by atoms with Gasteiger partial charge in [0.05, 0.1) is 10.9 Å². The van der Waals surface area contributed by atoms with E-state index in [2.05, 4.69) is 0 Å². The van der Waals surface area contributed by atoms with Crippen LogP contribution in [0.1, 0.15) is 17.5 Å². The Bertz CT molecular complexity index is 1370. The van der Waals surface area contributed by atoms with Crippen LogP contribution >= 0.6 is 0 Å². The molecular weight excluding hydrogens is 408 g/mol. The number of aromatic hydroxyl groups is 1. The van der Waals surface area contributed by atoms with Crippen molar-refractivity contribution in [1.82, 2.24) is 9.13 Å². The lowest BCUT2D eigenvalue weighted by atomic mass is 9.99. The van der Waals surface area contributed by atoms with Crippen LogP contribution in [-0.4, -0.2) is 26.0 Å². The molecule has 0 unspecified atom stereocenters. The van der Waals surface area contributed by atoms with E-state index >= 15 is 0 Å².